The van der Waals surface area contributed by atoms with Gasteiger partial charge < -0.3 is 20.4 Å². The molecule has 6 nitrogen and oxygen atoms in total. The summed E-state index contributed by atoms with van der Waals surface area (Å²) in [5.74, 6) is -0.357. The molecule has 0 radical (unpaired) electrons. The van der Waals surface area contributed by atoms with Gasteiger partial charge >= 0.3 is 11.8 Å². The van der Waals surface area contributed by atoms with Gasteiger partial charge in [0.05, 0.1) is 0 Å². The molecule has 2 fully saturated rings. The lowest BCUT2D eigenvalue weighted by Crippen LogP contribution is -2.51. The number of amides is 2. The zero-order valence-corrected chi connectivity index (χ0v) is 10.9. The number of carbonyl (C=O) groups excluding carboxylic acids is 2. The van der Waals surface area contributed by atoms with Crippen LogP contribution in [0, 0.1) is 5.92 Å². The maximum Gasteiger partial charge on any atom is 0.311 e. The normalized spacial score (nSPS) is 25.2. The Bertz CT molecular complexity index is 315. The summed E-state index contributed by atoms with van der Waals surface area (Å²) in [7, 11) is 2.08. The van der Waals surface area contributed by atoms with Gasteiger partial charge in [0.1, 0.15) is 0 Å². The van der Waals surface area contributed by atoms with Gasteiger partial charge in [-0.25, -0.2) is 0 Å². The van der Waals surface area contributed by atoms with Crippen molar-refractivity contribution in [2.45, 2.75) is 6.42 Å². The summed E-state index contributed by atoms with van der Waals surface area (Å²) >= 11 is 0. The van der Waals surface area contributed by atoms with Crippen molar-refractivity contribution in [2.24, 2.45) is 5.92 Å². The Morgan fingerprint density at radius 3 is 2.61 bits per heavy atom. The molecule has 1 atom stereocenters. The number of hydrogen-bond acceptors (Lipinski definition) is 4. The molecule has 0 spiro atoms. The molecule has 0 aromatic rings. The van der Waals surface area contributed by atoms with E-state index in [9.17, 15) is 9.59 Å². The lowest BCUT2D eigenvalue weighted by atomic mass is 10.1. The fourth-order valence-electron chi connectivity index (χ4n) is 2.52. The highest BCUT2D eigenvalue weighted by Gasteiger charge is 2.25. The van der Waals surface area contributed by atoms with E-state index in [0.717, 1.165) is 32.6 Å². The quantitative estimate of drug-likeness (QED) is 0.588. The molecule has 18 heavy (non-hydrogen) atoms. The van der Waals surface area contributed by atoms with Gasteiger partial charge in [0.15, 0.2) is 0 Å². The maximum atomic E-state index is 11.8. The molecular weight excluding hydrogens is 232 g/mol. The molecule has 102 valence electrons. The van der Waals surface area contributed by atoms with Gasteiger partial charge in [-0.05, 0) is 25.9 Å². The molecule has 0 aromatic carbocycles. The van der Waals surface area contributed by atoms with Crippen LogP contribution in [0.15, 0.2) is 0 Å². The topological polar surface area (TPSA) is 64.7 Å². The van der Waals surface area contributed by atoms with Crippen LogP contribution in [-0.2, 0) is 9.59 Å². The van der Waals surface area contributed by atoms with E-state index < -0.39 is 5.91 Å². The first-order chi connectivity index (χ1) is 8.66. The lowest BCUT2D eigenvalue weighted by Gasteiger charge is -2.26. The third-order valence-electron chi connectivity index (χ3n) is 3.64. The summed E-state index contributed by atoms with van der Waals surface area (Å²) < 4.78 is 0. The summed E-state index contributed by atoms with van der Waals surface area (Å²) in [6.45, 7) is 5.48. The van der Waals surface area contributed by atoms with Crippen molar-refractivity contribution in [3.63, 3.8) is 0 Å². The second-order valence-corrected chi connectivity index (χ2v) is 5.17. The number of nitrogens with one attached hydrogen (secondary N) is 2. The molecule has 2 aliphatic heterocycles. The summed E-state index contributed by atoms with van der Waals surface area (Å²) in [5, 5.41) is 5.92. The number of nitrogens with zero attached hydrogens (tertiary/aromatic N) is 2. The van der Waals surface area contributed by atoms with Crippen LogP contribution in [0.3, 0.4) is 0 Å². The Labute approximate surface area is 108 Å². The largest absolute Gasteiger partial charge is 0.348 e. The molecule has 2 amide bonds. The number of rotatable bonds is 2. The van der Waals surface area contributed by atoms with Crippen LogP contribution in [0.4, 0.5) is 0 Å². The van der Waals surface area contributed by atoms with Gasteiger partial charge in [0.25, 0.3) is 0 Å². The van der Waals surface area contributed by atoms with Gasteiger partial charge in [0.2, 0.25) is 0 Å². The van der Waals surface area contributed by atoms with Crippen LogP contribution >= 0.6 is 0 Å². The van der Waals surface area contributed by atoms with Crippen molar-refractivity contribution in [2.75, 3.05) is 52.9 Å². The van der Waals surface area contributed by atoms with E-state index in [0.29, 0.717) is 25.6 Å². The average Bonchev–Trinajstić information content (AvgIpc) is 2.82. The van der Waals surface area contributed by atoms with Gasteiger partial charge in [-0.15, -0.1) is 0 Å². The minimum atomic E-state index is -0.452. The first-order valence-electron chi connectivity index (χ1n) is 6.63. The highest BCUT2D eigenvalue weighted by atomic mass is 16.2. The number of carbonyl (C=O) groups is 2. The molecule has 0 saturated carbocycles. The van der Waals surface area contributed by atoms with E-state index in [2.05, 4.69) is 22.6 Å². The average molecular weight is 254 g/mol. The Balaban J connectivity index is 1.71. The lowest BCUT2D eigenvalue weighted by molar-refractivity contribution is -0.146. The van der Waals surface area contributed by atoms with E-state index in [1.54, 1.807) is 4.90 Å². The van der Waals surface area contributed by atoms with E-state index in [4.69, 9.17) is 0 Å². The van der Waals surface area contributed by atoms with Crippen molar-refractivity contribution < 1.29 is 9.59 Å². The molecule has 6 heteroatoms. The van der Waals surface area contributed by atoms with Gasteiger partial charge in [0, 0.05) is 39.3 Å². The van der Waals surface area contributed by atoms with Crippen LogP contribution in [0.25, 0.3) is 0 Å². The summed E-state index contributed by atoms with van der Waals surface area (Å²) in [6, 6.07) is 0. The maximum absolute atomic E-state index is 11.8. The Kier molecular flexibility index (Phi) is 4.54. The first-order valence-corrected chi connectivity index (χ1v) is 6.63. The van der Waals surface area contributed by atoms with Crippen molar-refractivity contribution in [3.8, 4) is 0 Å². The van der Waals surface area contributed by atoms with E-state index in [1.807, 2.05) is 0 Å². The van der Waals surface area contributed by atoms with Crippen molar-refractivity contribution >= 4 is 11.8 Å². The van der Waals surface area contributed by atoms with Crippen LogP contribution < -0.4 is 10.6 Å². The van der Waals surface area contributed by atoms with Crippen LogP contribution in [0.5, 0.6) is 0 Å². The zero-order chi connectivity index (χ0) is 13.0. The minimum Gasteiger partial charge on any atom is -0.348 e. The highest BCUT2D eigenvalue weighted by Crippen LogP contribution is 2.12. The van der Waals surface area contributed by atoms with Crippen LogP contribution in [-0.4, -0.2) is 74.5 Å². The molecule has 0 aromatic heterocycles. The third-order valence-corrected chi connectivity index (χ3v) is 3.64. The molecule has 2 heterocycles. The Morgan fingerprint density at radius 1 is 1.28 bits per heavy atom. The molecule has 2 saturated heterocycles. The second kappa shape index (κ2) is 6.15. The van der Waals surface area contributed by atoms with Crippen molar-refractivity contribution in [3.05, 3.63) is 0 Å². The van der Waals surface area contributed by atoms with E-state index in [1.165, 1.54) is 0 Å². The fraction of sp³-hybridized carbons (Fsp3) is 0.833. The smallest absolute Gasteiger partial charge is 0.311 e. The first kappa shape index (κ1) is 13.3. The van der Waals surface area contributed by atoms with E-state index in [-0.39, 0.29) is 5.91 Å². The van der Waals surface area contributed by atoms with Crippen molar-refractivity contribution in [1.82, 2.24) is 20.4 Å². The molecular formula is C12H22N4O2. The molecule has 2 rings (SSSR count). The SMILES string of the molecule is CN1CCC(CNC(=O)C(=O)N2CCNCC2)C1. The number of hydrogen-bond donors (Lipinski definition) is 2. The fourth-order valence-corrected chi connectivity index (χ4v) is 2.52. The Morgan fingerprint density at radius 2 is 2.00 bits per heavy atom. The van der Waals surface area contributed by atoms with Gasteiger partial charge in [-0.3, -0.25) is 9.59 Å². The Hall–Kier alpha value is -1.14. The number of piperazine rings is 1. The van der Waals surface area contributed by atoms with Crippen LogP contribution in [0.1, 0.15) is 6.42 Å². The monoisotopic (exact) mass is 254 g/mol. The standard InChI is InChI=1S/C12H22N4O2/c1-15-5-2-10(9-15)8-14-11(17)12(18)16-6-3-13-4-7-16/h10,13H,2-9H2,1H3,(H,14,17). The summed E-state index contributed by atoms with van der Waals surface area (Å²) in [5.41, 5.74) is 0. The molecule has 2 N–H and O–H groups in total. The minimum absolute atomic E-state index is 0.386. The molecule has 2 aliphatic rings. The van der Waals surface area contributed by atoms with Gasteiger partial charge in [-0.1, -0.05) is 0 Å². The molecule has 0 bridgehead atoms. The summed E-state index contributed by atoms with van der Waals surface area (Å²) in [6.07, 6.45) is 1.10. The summed E-state index contributed by atoms with van der Waals surface area (Å²) in [4.78, 5) is 27.4. The van der Waals surface area contributed by atoms with E-state index >= 15 is 0 Å². The number of likely N-dealkylation sites (tertiary alicyclic amines) is 1. The van der Waals surface area contributed by atoms with Crippen LogP contribution in [0.2, 0.25) is 0 Å². The third kappa shape index (κ3) is 3.43. The second-order valence-electron chi connectivity index (χ2n) is 5.17. The highest BCUT2D eigenvalue weighted by molar-refractivity contribution is 6.35. The molecule has 0 aliphatic carbocycles. The zero-order valence-electron chi connectivity index (χ0n) is 10.9. The predicted molar refractivity (Wildman–Crippen MR) is 68.1 cm³/mol. The predicted octanol–water partition coefficient (Wildman–Crippen LogP) is -1.51. The van der Waals surface area contributed by atoms with Gasteiger partial charge in [-0.2, -0.15) is 0 Å². The molecule has 1 unspecified atom stereocenters. The van der Waals surface area contributed by atoms with Crippen molar-refractivity contribution in [1.29, 1.82) is 0 Å².